The molecular formula is C12H16ClN3O. The van der Waals surface area contributed by atoms with Crippen LogP contribution in [0.15, 0.2) is 18.2 Å². The van der Waals surface area contributed by atoms with Crippen molar-refractivity contribution in [3.8, 4) is 0 Å². The van der Waals surface area contributed by atoms with Crippen molar-refractivity contribution in [1.29, 1.82) is 0 Å². The number of hydrogen-bond acceptors (Lipinski definition) is 3. The number of nitrogens with one attached hydrogen (secondary N) is 1. The van der Waals surface area contributed by atoms with E-state index in [0.717, 1.165) is 5.69 Å². The van der Waals surface area contributed by atoms with Gasteiger partial charge >= 0.3 is 0 Å². The molecule has 5 heteroatoms. The highest BCUT2D eigenvalue weighted by molar-refractivity contribution is 6.33. The number of carbonyl (C=O) groups is 1. The lowest BCUT2D eigenvalue weighted by Crippen LogP contribution is -2.31. The molecule has 5 N–H and O–H groups in total. The summed E-state index contributed by atoms with van der Waals surface area (Å²) in [5.74, 6) is 0.166. The molecule has 92 valence electrons. The summed E-state index contributed by atoms with van der Waals surface area (Å²) >= 11 is 6.04. The second-order valence-electron chi connectivity index (χ2n) is 4.44. The molecule has 1 fully saturated rings. The summed E-state index contributed by atoms with van der Waals surface area (Å²) in [6.07, 6.45) is 2.44. The van der Waals surface area contributed by atoms with Crippen LogP contribution in [0.5, 0.6) is 0 Å². The molecule has 1 atom stereocenters. The average Bonchev–Trinajstić information content (AvgIpc) is 3.10. The van der Waals surface area contributed by atoms with Crippen molar-refractivity contribution in [1.82, 2.24) is 0 Å². The third-order valence-corrected chi connectivity index (χ3v) is 3.32. The van der Waals surface area contributed by atoms with E-state index in [9.17, 15) is 4.79 Å². The van der Waals surface area contributed by atoms with Crippen LogP contribution in [-0.2, 0) is 0 Å². The molecule has 0 bridgehead atoms. The van der Waals surface area contributed by atoms with Crippen LogP contribution in [0.3, 0.4) is 0 Å². The molecule has 0 saturated heterocycles. The van der Waals surface area contributed by atoms with Crippen LogP contribution in [0.1, 0.15) is 23.2 Å². The normalized spacial score (nSPS) is 16.6. The van der Waals surface area contributed by atoms with Crippen molar-refractivity contribution in [3.05, 3.63) is 28.8 Å². The van der Waals surface area contributed by atoms with Crippen LogP contribution < -0.4 is 16.8 Å². The highest BCUT2D eigenvalue weighted by Crippen LogP contribution is 2.32. The van der Waals surface area contributed by atoms with Gasteiger partial charge in [-0.1, -0.05) is 11.6 Å². The third kappa shape index (κ3) is 3.11. The second kappa shape index (κ2) is 4.94. The summed E-state index contributed by atoms with van der Waals surface area (Å²) in [6.45, 7) is 0.695. The van der Waals surface area contributed by atoms with Crippen LogP contribution in [-0.4, -0.2) is 18.5 Å². The molecule has 1 aliphatic rings. The largest absolute Gasteiger partial charge is 0.382 e. The van der Waals surface area contributed by atoms with Gasteiger partial charge in [-0.25, -0.2) is 0 Å². The first kappa shape index (κ1) is 12.2. The number of carbonyl (C=O) groups excluding carboxylic acids is 1. The van der Waals surface area contributed by atoms with E-state index >= 15 is 0 Å². The van der Waals surface area contributed by atoms with E-state index in [1.54, 1.807) is 18.2 Å². The Labute approximate surface area is 105 Å². The Morgan fingerprint density at radius 1 is 1.53 bits per heavy atom. The Balaban J connectivity index is 1.98. The van der Waals surface area contributed by atoms with Gasteiger partial charge in [0.25, 0.3) is 0 Å². The van der Waals surface area contributed by atoms with Crippen LogP contribution in [0.2, 0.25) is 5.02 Å². The molecule has 0 heterocycles. The zero-order chi connectivity index (χ0) is 12.4. The Morgan fingerprint density at radius 3 is 2.76 bits per heavy atom. The minimum absolute atomic E-state index is 0.168. The van der Waals surface area contributed by atoms with Crippen molar-refractivity contribution in [3.63, 3.8) is 0 Å². The summed E-state index contributed by atoms with van der Waals surface area (Å²) in [5, 5.41) is 3.68. The molecule has 1 amide bonds. The van der Waals surface area contributed by atoms with Crippen LogP contribution in [0, 0.1) is 5.92 Å². The Hall–Kier alpha value is -1.26. The highest BCUT2D eigenvalue weighted by Gasteiger charge is 2.28. The molecule has 1 unspecified atom stereocenters. The van der Waals surface area contributed by atoms with Crippen molar-refractivity contribution in [2.24, 2.45) is 17.4 Å². The van der Waals surface area contributed by atoms with Gasteiger partial charge < -0.3 is 16.8 Å². The summed E-state index contributed by atoms with van der Waals surface area (Å²) < 4.78 is 0. The lowest BCUT2D eigenvalue weighted by atomic mass is 10.1. The van der Waals surface area contributed by atoms with Gasteiger partial charge in [0.05, 0.1) is 10.7 Å². The average molecular weight is 254 g/mol. The molecule has 1 saturated carbocycles. The van der Waals surface area contributed by atoms with Crippen molar-refractivity contribution < 1.29 is 4.79 Å². The maximum Gasteiger partial charge on any atom is 0.248 e. The fourth-order valence-corrected chi connectivity index (χ4v) is 1.98. The minimum Gasteiger partial charge on any atom is -0.382 e. The van der Waals surface area contributed by atoms with E-state index in [1.807, 2.05) is 0 Å². The molecule has 17 heavy (non-hydrogen) atoms. The summed E-state index contributed by atoms with van der Waals surface area (Å²) in [5.41, 5.74) is 12.3. The van der Waals surface area contributed by atoms with Crippen molar-refractivity contribution >= 4 is 23.2 Å². The molecule has 0 spiro atoms. The lowest BCUT2D eigenvalue weighted by Gasteiger charge is -2.14. The minimum atomic E-state index is -0.479. The molecule has 0 aliphatic heterocycles. The van der Waals surface area contributed by atoms with Gasteiger partial charge in [-0.2, -0.15) is 0 Å². The summed E-state index contributed by atoms with van der Waals surface area (Å²) in [4.78, 5) is 11.0. The van der Waals surface area contributed by atoms with E-state index in [2.05, 4.69) is 5.32 Å². The number of halogens is 1. The maximum absolute atomic E-state index is 11.0. The van der Waals surface area contributed by atoms with Gasteiger partial charge in [0.15, 0.2) is 0 Å². The fourth-order valence-electron chi connectivity index (χ4n) is 1.73. The SMILES string of the molecule is NC(=O)c1ccc(NCC(N)C2CC2)c(Cl)c1. The first-order valence-corrected chi connectivity index (χ1v) is 6.04. The van der Waals surface area contributed by atoms with E-state index < -0.39 is 5.91 Å². The van der Waals surface area contributed by atoms with Gasteiger partial charge in [0.2, 0.25) is 5.91 Å². The number of anilines is 1. The van der Waals surface area contributed by atoms with Gasteiger partial charge in [0, 0.05) is 18.2 Å². The van der Waals surface area contributed by atoms with E-state index in [1.165, 1.54) is 12.8 Å². The molecular weight excluding hydrogens is 238 g/mol. The predicted octanol–water partition coefficient (Wildman–Crippen LogP) is 1.59. The van der Waals surface area contributed by atoms with Gasteiger partial charge in [-0.15, -0.1) is 0 Å². The topological polar surface area (TPSA) is 81.1 Å². The quantitative estimate of drug-likeness (QED) is 0.745. The first-order valence-electron chi connectivity index (χ1n) is 5.66. The lowest BCUT2D eigenvalue weighted by molar-refractivity contribution is 0.100. The molecule has 0 aromatic heterocycles. The third-order valence-electron chi connectivity index (χ3n) is 3.01. The molecule has 2 rings (SSSR count). The van der Waals surface area contributed by atoms with Crippen LogP contribution >= 0.6 is 11.6 Å². The van der Waals surface area contributed by atoms with Gasteiger partial charge in [-0.3, -0.25) is 4.79 Å². The molecule has 0 radical (unpaired) electrons. The zero-order valence-corrected chi connectivity index (χ0v) is 10.2. The standard InChI is InChI=1S/C12H16ClN3O/c13-9-5-8(12(15)17)3-4-11(9)16-6-10(14)7-1-2-7/h3-5,7,10,16H,1-2,6,14H2,(H2,15,17). The van der Waals surface area contributed by atoms with E-state index in [0.29, 0.717) is 23.0 Å². The van der Waals surface area contributed by atoms with Gasteiger partial charge in [-0.05, 0) is 37.0 Å². The van der Waals surface area contributed by atoms with Crippen molar-refractivity contribution in [2.45, 2.75) is 18.9 Å². The second-order valence-corrected chi connectivity index (χ2v) is 4.85. The van der Waals surface area contributed by atoms with Crippen molar-refractivity contribution in [2.75, 3.05) is 11.9 Å². The van der Waals surface area contributed by atoms with E-state index in [4.69, 9.17) is 23.1 Å². The van der Waals surface area contributed by atoms with Crippen LogP contribution in [0.4, 0.5) is 5.69 Å². The molecule has 1 aromatic carbocycles. The van der Waals surface area contributed by atoms with Crippen LogP contribution in [0.25, 0.3) is 0 Å². The summed E-state index contributed by atoms with van der Waals surface area (Å²) in [6, 6.07) is 5.14. The Bertz CT molecular complexity index is 432. The number of amides is 1. The zero-order valence-electron chi connectivity index (χ0n) is 9.45. The fraction of sp³-hybridized carbons (Fsp3) is 0.417. The number of nitrogens with two attached hydrogens (primary N) is 2. The molecule has 1 aliphatic carbocycles. The van der Waals surface area contributed by atoms with E-state index in [-0.39, 0.29) is 6.04 Å². The van der Waals surface area contributed by atoms with Gasteiger partial charge in [0.1, 0.15) is 0 Å². The molecule has 4 nitrogen and oxygen atoms in total. The molecule has 1 aromatic rings. The number of hydrogen-bond donors (Lipinski definition) is 3. The maximum atomic E-state index is 11.0. The Kier molecular flexibility index (Phi) is 3.54. The predicted molar refractivity (Wildman–Crippen MR) is 69.2 cm³/mol. The number of primary amides is 1. The Morgan fingerprint density at radius 2 is 2.24 bits per heavy atom. The number of benzene rings is 1. The summed E-state index contributed by atoms with van der Waals surface area (Å²) in [7, 11) is 0. The monoisotopic (exact) mass is 253 g/mol. The smallest absolute Gasteiger partial charge is 0.248 e. The first-order chi connectivity index (χ1) is 8.08. The number of rotatable bonds is 5. The highest BCUT2D eigenvalue weighted by atomic mass is 35.5.